The molecule has 0 N–H and O–H groups in total. The minimum Gasteiger partial charge on any atom is -0.0867 e. The van der Waals surface area contributed by atoms with Crippen LogP contribution >= 0.6 is 0 Å². The molecule has 0 fully saturated rings. The lowest BCUT2D eigenvalue weighted by atomic mass is 10.00. The van der Waals surface area contributed by atoms with E-state index in [1.807, 2.05) is 0 Å². The van der Waals surface area contributed by atoms with Crippen LogP contribution in [0.1, 0.15) is 11.1 Å². The third-order valence-electron chi connectivity index (χ3n) is 2.75. The zero-order chi connectivity index (χ0) is 13.0. The lowest BCUT2D eigenvalue weighted by Crippen LogP contribution is -2.17. The fourth-order valence-electron chi connectivity index (χ4n) is 2.00. The summed E-state index contributed by atoms with van der Waals surface area (Å²) in [5.41, 5.74) is 6.48. The molecule has 18 heavy (non-hydrogen) atoms. The Morgan fingerprint density at radius 2 is 1.11 bits per heavy atom. The van der Waals surface area contributed by atoms with Crippen LogP contribution in [0.15, 0.2) is 66.4 Å². The van der Waals surface area contributed by atoms with Gasteiger partial charge in [-0.1, -0.05) is 86.0 Å². The molecule has 0 aromatic heterocycles. The van der Waals surface area contributed by atoms with Gasteiger partial charge in [0.15, 0.2) is 0 Å². The van der Waals surface area contributed by atoms with E-state index in [-0.39, 0.29) is 0 Å². The third kappa shape index (κ3) is 3.44. The summed E-state index contributed by atoms with van der Waals surface area (Å²) in [5.74, 6) is 0. The molecule has 2 aromatic carbocycles. The average Bonchev–Trinajstić information content (AvgIpc) is 2.37. The van der Waals surface area contributed by atoms with Crippen LogP contribution < -0.4 is 0 Å². The Morgan fingerprint density at radius 3 is 1.44 bits per heavy atom. The highest BCUT2D eigenvalue weighted by molar-refractivity contribution is 6.81. The zero-order valence-corrected chi connectivity index (χ0v) is 12.4. The van der Waals surface area contributed by atoms with E-state index in [1.54, 1.807) is 0 Å². The first-order valence-electron chi connectivity index (χ1n) is 6.40. The minimum absolute atomic E-state index is 1.25. The highest BCUT2D eigenvalue weighted by Crippen LogP contribution is 2.25. The van der Waals surface area contributed by atoms with Gasteiger partial charge in [0.05, 0.1) is 8.07 Å². The highest BCUT2D eigenvalue weighted by atomic mass is 28.3. The van der Waals surface area contributed by atoms with Gasteiger partial charge < -0.3 is 0 Å². The molecular weight excluding hydrogens is 232 g/mol. The van der Waals surface area contributed by atoms with Crippen molar-refractivity contribution in [3.05, 3.63) is 77.5 Å². The Labute approximate surface area is 111 Å². The number of hydrogen-bond donors (Lipinski definition) is 0. The van der Waals surface area contributed by atoms with Crippen LogP contribution in [0, 0.1) is 0 Å². The van der Waals surface area contributed by atoms with Crippen LogP contribution in [0.2, 0.25) is 19.6 Å². The molecule has 0 saturated carbocycles. The third-order valence-corrected chi connectivity index (χ3v) is 3.90. The predicted molar refractivity (Wildman–Crippen MR) is 83.3 cm³/mol. The summed E-state index contributed by atoms with van der Waals surface area (Å²) in [7, 11) is -1.25. The molecule has 0 aliphatic carbocycles. The Balaban J connectivity index is 2.53. The number of benzene rings is 2. The van der Waals surface area contributed by atoms with Crippen molar-refractivity contribution in [3.63, 3.8) is 0 Å². The summed E-state index contributed by atoms with van der Waals surface area (Å²) < 4.78 is 0. The Bertz CT molecular complexity index is 477. The Hall–Kier alpha value is -1.60. The molecule has 0 spiro atoms. The molecule has 0 aliphatic heterocycles. The average molecular weight is 252 g/mol. The van der Waals surface area contributed by atoms with E-state index in [2.05, 4.69) is 86.0 Å². The summed E-state index contributed by atoms with van der Waals surface area (Å²) in [6.07, 6.45) is 0. The van der Waals surface area contributed by atoms with Gasteiger partial charge in [-0.05, 0) is 16.7 Å². The molecular formula is C17H20Si. The van der Waals surface area contributed by atoms with E-state index in [4.69, 9.17) is 0 Å². The van der Waals surface area contributed by atoms with Crippen molar-refractivity contribution in [1.82, 2.24) is 0 Å². The van der Waals surface area contributed by atoms with Gasteiger partial charge in [0.1, 0.15) is 0 Å². The van der Waals surface area contributed by atoms with E-state index >= 15 is 0 Å². The lowest BCUT2D eigenvalue weighted by molar-refractivity contribution is 1.55. The molecule has 0 nitrogen and oxygen atoms in total. The quantitative estimate of drug-likeness (QED) is 0.675. The van der Waals surface area contributed by atoms with Crippen LogP contribution in [-0.4, -0.2) is 8.07 Å². The first kappa shape index (κ1) is 12.8. The molecule has 0 amide bonds. The van der Waals surface area contributed by atoms with Crippen molar-refractivity contribution in [2.45, 2.75) is 19.6 Å². The largest absolute Gasteiger partial charge is 0.0867 e. The van der Waals surface area contributed by atoms with E-state index in [1.165, 1.54) is 16.7 Å². The topological polar surface area (TPSA) is 0 Å². The van der Waals surface area contributed by atoms with Crippen molar-refractivity contribution in [1.29, 1.82) is 0 Å². The molecule has 0 heterocycles. The molecule has 0 atom stereocenters. The second-order valence-electron chi connectivity index (χ2n) is 5.66. The van der Waals surface area contributed by atoms with Gasteiger partial charge in [0.25, 0.3) is 0 Å². The van der Waals surface area contributed by atoms with E-state index in [0.29, 0.717) is 0 Å². The van der Waals surface area contributed by atoms with E-state index in [0.717, 1.165) is 0 Å². The number of hydrogen-bond acceptors (Lipinski definition) is 0. The summed E-state index contributed by atoms with van der Waals surface area (Å²) >= 11 is 0. The molecule has 92 valence electrons. The predicted octanol–water partition coefficient (Wildman–Crippen LogP) is 5.00. The first-order valence-corrected chi connectivity index (χ1v) is 9.98. The standard InChI is InChI=1S/C17H20Si/c1-18(2,3)14-17(15-10-6-4-7-11-15)16-12-8-5-9-13-16/h4-14H,1-3H3. The summed E-state index contributed by atoms with van der Waals surface area (Å²) in [6, 6.07) is 21.3. The summed E-state index contributed by atoms with van der Waals surface area (Å²) in [4.78, 5) is 0. The first-order chi connectivity index (χ1) is 8.56. The van der Waals surface area contributed by atoms with Crippen molar-refractivity contribution >= 4 is 13.6 Å². The maximum atomic E-state index is 2.48. The maximum absolute atomic E-state index is 2.48. The molecule has 0 radical (unpaired) electrons. The van der Waals surface area contributed by atoms with E-state index in [9.17, 15) is 0 Å². The molecule has 0 saturated heterocycles. The fourth-order valence-corrected chi connectivity index (χ4v) is 3.20. The van der Waals surface area contributed by atoms with E-state index < -0.39 is 8.07 Å². The highest BCUT2D eigenvalue weighted by Gasteiger charge is 2.13. The molecule has 2 rings (SSSR count). The van der Waals surface area contributed by atoms with Gasteiger partial charge in [0, 0.05) is 0 Å². The van der Waals surface area contributed by atoms with Crippen molar-refractivity contribution in [2.24, 2.45) is 0 Å². The molecule has 2 aromatic rings. The van der Waals surface area contributed by atoms with Crippen LogP contribution in [0.3, 0.4) is 0 Å². The van der Waals surface area contributed by atoms with Crippen molar-refractivity contribution in [3.8, 4) is 0 Å². The van der Waals surface area contributed by atoms with Gasteiger partial charge in [-0.3, -0.25) is 0 Å². The lowest BCUT2D eigenvalue weighted by Gasteiger charge is -2.15. The molecule has 0 aliphatic rings. The van der Waals surface area contributed by atoms with Crippen LogP contribution in [-0.2, 0) is 0 Å². The van der Waals surface area contributed by atoms with Gasteiger partial charge in [-0.2, -0.15) is 0 Å². The molecule has 1 heteroatoms. The minimum atomic E-state index is -1.25. The van der Waals surface area contributed by atoms with Crippen molar-refractivity contribution < 1.29 is 0 Å². The molecule has 0 unspecified atom stereocenters. The van der Waals surface area contributed by atoms with Crippen molar-refractivity contribution in [2.75, 3.05) is 0 Å². The van der Waals surface area contributed by atoms with Gasteiger partial charge in [-0.25, -0.2) is 0 Å². The van der Waals surface area contributed by atoms with Crippen LogP contribution in [0.5, 0.6) is 0 Å². The summed E-state index contributed by atoms with van der Waals surface area (Å²) in [6.45, 7) is 7.12. The Kier molecular flexibility index (Phi) is 3.83. The Morgan fingerprint density at radius 1 is 0.722 bits per heavy atom. The SMILES string of the molecule is C[Si](C)(C)C=C(c1ccccc1)c1ccccc1. The van der Waals surface area contributed by atoms with Gasteiger partial charge in [0.2, 0.25) is 0 Å². The second-order valence-corrected chi connectivity index (χ2v) is 10.7. The molecule has 0 bridgehead atoms. The zero-order valence-electron chi connectivity index (χ0n) is 11.4. The maximum Gasteiger partial charge on any atom is 0.0695 e. The van der Waals surface area contributed by atoms with Crippen LogP contribution in [0.4, 0.5) is 0 Å². The fraction of sp³-hybridized carbons (Fsp3) is 0.176. The van der Waals surface area contributed by atoms with Crippen LogP contribution in [0.25, 0.3) is 5.57 Å². The van der Waals surface area contributed by atoms with Gasteiger partial charge in [-0.15, -0.1) is 0 Å². The normalized spacial score (nSPS) is 11.1. The number of rotatable bonds is 3. The summed E-state index contributed by atoms with van der Waals surface area (Å²) in [5, 5.41) is 0. The second kappa shape index (κ2) is 5.36. The monoisotopic (exact) mass is 252 g/mol. The van der Waals surface area contributed by atoms with Gasteiger partial charge >= 0.3 is 0 Å². The smallest absolute Gasteiger partial charge is 0.0695 e.